The fraction of sp³-hybridized carbons (Fsp3) is 0.238. The van der Waals surface area contributed by atoms with Crippen molar-refractivity contribution in [1.29, 1.82) is 0 Å². The molecule has 1 amide bonds. The molecule has 0 fully saturated rings. The largest absolute Gasteiger partial charge is 0.484 e. The quantitative estimate of drug-likeness (QED) is 0.639. The van der Waals surface area contributed by atoms with Crippen LogP contribution < -0.4 is 10.4 Å². The van der Waals surface area contributed by atoms with Gasteiger partial charge in [-0.15, -0.1) is 0 Å². The minimum atomic E-state index is -0.417. The van der Waals surface area contributed by atoms with E-state index >= 15 is 0 Å². The summed E-state index contributed by atoms with van der Waals surface area (Å²) in [6.45, 7) is 2.56. The lowest BCUT2D eigenvalue weighted by Gasteiger charge is -2.18. The second-order valence-corrected chi connectivity index (χ2v) is 6.16. The molecule has 3 aromatic rings. The zero-order valence-electron chi connectivity index (χ0n) is 14.9. The number of hydrogen-bond acceptors (Lipinski definition) is 4. The molecule has 5 nitrogen and oxygen atoms in total. The molecule has 1 aromatic heterocycles. The number of likely N-dealkylation sites (N-methyl/N-ethyl adjacent to an activating group) is 1. The Morgan fingerprint density at radius 1 is 1.04 bits per heavy atom. The molecular weight excluding hydrogens is 330 g/mol. The molecule has 0 spiro atoms. The molecule has 0 aliphatic rings. The van der Waals surface area contributed by atoms with E-state index in [1.807, 2.05) is 12.1 Å². The average Bonchev–Trinajstić information content (AvgIpc) is 2.66. The predicted octanol–water partition coefficient (Wildman–Crippen LogP) is 3.39. The fourth-order valence-electron chi connectivity index (χ4n) is 2.63. The van der Waals surface area contributed by atoms with E-state index in [4.69, 9.17) is 9.15 Å². The van der Waals surface area contributed by atoms with Gasteiger partial charge in [0, 0.05) is 31.1 Å². The summed E-state index contributed by atoms with van der Waals surface area (Å²) >= 11 is 0. The first-order valence-corrected chi connectivity index (χ1v) is 8.53. The molecule has 0 saturated heterocycles. The molecule has 1 heterocycles. The van der Waals surface area contributed by atoms with Crippen LogP contribution >= 0.6 is 0 Å². The lowest BCUT2D eigenvalue weighted by atomic mass is 10.1. The Labute approximate surface area is 151 Å². The highest BCUT2D eigenvalue weighted by atomic mass is 16.5. The van der Waals surface area contributed by atoms with Gasteiger partial charge in [0.25, 0.3) is 5.91 Å². The molecule has 0 unspecified atom stereocenters. The molecule has 134 valence electrons. The summed E-state index contributed by atoms with van der Waals surface area (Å²) in [5, 5.41) is 0.802. The van der Waals surface area contributed by atoms with Gasteiger partial charge in [-0.2, -0.15) is 0 Å². The van der Waals surface area contributed by atoms with Crippen molar-refractivity contribution in [2.45, 2.75) is 19.9 Å². The monoisotopic (exact) mass is 351 g/mol. The number of hydrogen-bond donors (Lipinski definition) is 0. The van der Waals surface area contributed by atoms with Crippen molar-refractivity contribution in [3.05, 3.63) is 76.1 Å². The molecule has 0 aliphatic heterocycles. The van der Waals surface area contributed by atoms with E-state index in [2.05, 4.69) is 19.1 Å². The predicted molar refractivity (Wildman–Crippen MR) is 100 cm³/mol. The summed E-state index contributed by atoms with van der Waals surface area (Å²) in [6, 6.07) is 16.4. The molecule has 5 heteroatoms. The summed E-state index contributed by atoms with van der Waals surface area (Å²) in [5.41, 5.74) is 2.37. The number of fused-ring (bicyclic) bond motifs is 1. The third kappa shape index (κ3) is 4.30. The smallest absolute Gasteiger partial charge is 0.336 e. The first-order valence-electron chi connectivity index (χ1n) is 8.53. The molecule has 2 aromatic carbocycles. The van der Waals surface area contributed by atoms with Crippen LogP contribution in [0.2, 0.25) is 0 Å². The first-order chi connectivity index (χ1) is 12.5. The topological polar surface area (TPSA) is 59.8 Å². The lowest BCUT2D eigenvalue weighted by Crippen LogP contribution is -2.30. The first kappa shape index (κ1) is 17.7. The third-order valence-corrected chi connectivity index (χ3v) is 4.23. The van der Waals surface area contributed by atoms with Crippen LogP contribution in [-0.2, 0) is 17.8 Å². The average molecular weight is 351 g/mol. The maximum atomic E-state index is 12.3. The van der Waals surface area contributed by atoms with Crippen molar-refractivity contribution in [3.8, 4) is 5.75 Å². The van der Waals surface area contributed by atoms with Crippen molar-refractivity contribution < 1.29 is 13.9 Å². The van der Waals surface area contributed by atoms with Gasteiger partial charge in [0.2, 0.25) is 0 Å². The Hall–Kier alpha value is -3.08. The molecule has 0 saturated carbocycles. The Morgan fingerprint density at radius 3 is 2.46 bits per heavy atom. The zero-order chi connectivity index (χ0) is 18.5. The molecule has 0 N–H and O–H groups in total. The number of carbonyl (C=O) groups is 1. The van der Waals surface area contributed by atoms with Gasteiger partial charge in [-0.1, -0.05) is 31.2 Å². The van der Waals surface area contributed by atoms with Crippen LogP contribution in [0.5, 0.6) is 5.75 Å². The normalized spacial score (nSPS) is 10.7. The molecule has 0 atom stereocenters. The minimum Gasteiger partial charge on any atom is -0.484 e. The summed E-state index contributed by atoms with van der Waals surface area (Å²) < 4.78 is 10.7. The zero-order valence-corrected chi connectivity index (χ0v) is 14.9. The van der Waals surface area contributed by atoms with Crippen LogP contribution in [0.25, 0.3) is 11.0 Å². The standard InChI is InChI=1S/C21H21NO4/c1-3-15-4-6-16(7-5-15)13-22(2)20(23)14-25-18-10-8-17-9-11-21(24)26-19(17)12-18/h4-12H,3,13-14H2,1-2H3. The number of benzene rings is 2. The number of nitrogens with zero attached hydrogens (tertiary/aromatic N) is 1. The van der Waals surface area contributed by atoms with Crippen LogP contribution in [0.3, 0.4) is 0 Å². The molecular formula is C21H21NO4. The van der Waals surface area contributed by atoms with Crippen LogP contribution in [0.15, 0.2) is 63.8 Å². The summed E-state index contributed by atoms with van der Waals surface area (Å²) in [6.07, 6.45) is 0.995. The van der Waals surface area contributed by atoms with E-state index < -0.39 is 5.63 Å². The van der Waals surface area contributed by atoms with Crippen molar-refractivity contribution in [1.82, 2.24) is 4.90 Å². The molecule has 3 rings (SSSR count). The van der Waals surface area contributed by atoms with Crippen LogP contribution in [0, 0.1) is 0 Å². The third-order valence-electron chi connectivity index (χ3n) is 4.23. The van der Waals surface area contributed by atoms with Crippen LogP contribution in [-0.4, -0.2) is 24.5 Å². The second kappa shape index (κ2) is 7.87. The van der Waals surface area contributed by atoms with Gasteiger partial charge in [-0.05, 0) is 35.7 Å². The van der Waals surface area contributed by atoms with Crippen molar-refractivity contribution in [2.75, 3.05) is 13.7 Å². The van der Waals surface area contributed by atoms with Gasteiger partial charge in [-0.3, -0.25) is 4.79 Å². The maximum absolute atomic E-state index is 12.3. The maximum Gasteiger partial charge on any atom is 0.336 e. The number of aryl methyl sites for hydroxylation is 1. The van der Waals surface area contributed by atoms with Crippen molar-refractivity contribution >= 4 is 16.9 Å². The van der Waals surface area contributed by atoms with E-state index in [9.17, 15) is 9.59 Å². The highest BCUT2D eigenvalue weighted by Gasteiger charge is 2.11. The fourth-order valence-corrected chi connectivity index (χ4v) is 2.63. The van der Waals surface area contributed by atoms with Crippen LogP contribution in [0.1, 0.15) is 18.1 Å². The summed E-state index contributed by atoms with van der Waals surface area (Å²) in [4.78, 5) is 25.2. The highest BCUT2D eigenvalue weighted by molar-refractivity contribution is 5.79. The second-order valence-electron chi connectivity index (χ2n) is 6.16. The van der Waals surface area contributed by atoms with Crippen LogP contribution in [0.4, 0.5) is 0 Å². The Morgan fingerprint density at radius 2 is 1.73 bits per heavy atom. The number of carbonyl (C=O) groups excluding carboxylic acids is 1. The van der Waals surface area contributed by atoms with E-state index in [0.717, 1.165) is 17.4 Å². The van der Waals surface area contributed by atoms with E-state index in [0.29, 0.717) is 17.9 Å². The van der Waals surface area contributed by atoms with E-state index in [-0.39, 0.29) is 12.5 Å². The van der Waals surface area contributed by atoms with Crippen molar-refractivity contribution in [3.63, 3.8) is 0 Å². The number of amides is 1. The molecule has 0 aliphatic carbocycles. The van der Waals surface area contributed by atoms with Gasteiger partial charge < -0.3 is 14.1 Å². The molecule has 0 radical (unpaired) electrons. The summed E-state index contributed by atoms with van der Waals surface area (Å²) in [7, 11) is 1.75. The number of rotatable bonds is 6. The van der Waals surface area contributed by atoms with Gasteiger partial charge in [0.05, 0.1) is 0 Å². The van der Waals surface area contributed by atoms with Gasteiger partial charge in [0.1, 0.15) is 11.3 Å². The van der Waals surface area contributed by atoms with Gasteiger partial charge in [0.15, 0.2) is 6.61 Å². The Balaban J connectivity index is 1.59. The highest BCUT2D eigenvalue weighted by Crippen LogP contribution is 2.19. The van der Waals surface area contributed by atoms with E-state index in [1.165, 1.54) is 11.6 Å². The van der Waals surface area contributed by atoms with Crippen molar-refractivity contribution in [2.24, 2.45) is 0 Å². The minimum absolute atomic E-state index is 0.0773. The molecule has 26 heavy (non-hydrogen) atoms. The lowest BCUT2D eigenvalue weighted by molar-refractivity contribution is -0.132. The summed E-state index contributed by atoms with van der Waals surface area (Å²) in [5.74, 6) is 0.361. The Bertz CT molecular complexity index is 960. The number of ether oxygens (including phenoxy) is 1. The van der Waals surface area contributed by atoms with Gasteiger partial charge in [-0.25, -0.2) is 4.79 Å². The SMILES string of the molecule is CCc1ccc(CN(C)C(=O)COc2ccc3ccc(=O)oc3c2)cc1. The van der Waals surface area contributed by atoms with E-state index in [1.54, 1.807) is 36.2 Å². The van der Waals surface area contributed by atoms with Gasteiger partial charge >= 0.3 is 5.63 Å². The Kier molecular flexibility index (Phi) is 5.37. The molecule has 0 bridgehead atoms.